The molecule has 0 heterocycles. The second kappa shape index (κ2) is 5.99. The minimum atomic E-state index is 0.146. The molecular weight excluding hydrogens is 276 g/mol. The summed E-state index contributed by atoms with van der Waals surface area (Å²) in [6.45, 7) is 0.164. The van der Waals surface area contributed by atoms with Gasteiger partial charge in [0.15, 0.2) is 0 Å². The van der Waals surface area contributed by atoms with Crippen LogP contribution in [0, 0.1) is 0 Å². The summed E-state index contributed by atoms with van der Waals surface area (Å²) >= 11 is 3.54. The van der Waals surface area contributed by atoms with Crippen molar-refractivity contribution in [1.82, 2.24) is 0 Å². The van der Waals surface area contributed by atoms with Crippen LogP contribution in [-0.4, -0.2) is 11.7 Å². The number of aliphatic hydroxyl groups excluding tert-OH is 1. The molecule has 17 heavy (non-hydrogen) atoms. The summed E-state index contributed by atoms with van der Waals surface area (Å²) in [5.74, 6) is 0.146. The van der Waals surface area contributed by atoms with E-state index < -0.39 is 0 Å². The van der Waals surface area contributed by atoms with Gasteiger partial charge >= 0.3 is 0 Å². The fourth-order valence-electron chi connectivity index (χ4n) is 1.98. The maximum atomic E-state index is 9.54. The summed E-state index contributed by atoms with van der Waals surface area (Å²) in [7, 11) is 0. The van der Waals surface area contributed by atoms with Crippen molar-refractivity contribution in [3.63, 3.8) is 0 Å². The first-order valence-corrected chi connectivity index (χ1v) is 6.49. The molecule has 0 unspecified atom stereocenters. The number of hydrogen-bond acceptors (Lipinski definition) is 1. The lowest BCUT2D eigenvalue weighted by Gasteiger charge is -2.16. The van der Waals surface area contributed by atoms with Crippen molar-refractivity contribution in [2.24, 2.45) is 0 Å². The Morgan fingerprint density at radius 1 is 0.941 bits per heavy atom. The quantitative estimate of drug-likeness (QED) is 0.909. The zero-order valence-electron chi connectivity index (χ0n) is 9.51. The Kier molecular flexibility index (Phi) is 4.35. The van der Waals surface area contributed by atoms with Crippen molar-refractivity contribution in [3.8, 4) is 0 Å². The highest BCUT2D eigenvalue weighted by atomic mass is 79.9. The maximum absolute atomic E-state index is 9.54. The highest BCUT2D eigenvalue weighted by Gasteiger charge is 2.13. The van der Waals surface area contributed by atoms with E-state index in [0.29, 0.717) is 0 Å². The molecule has 88 valence electrons. The molecule has 0 saturated carbocycles. The van der Waals surface area contributed by atoms with Crippen LogP contribution in [0.25, 0.3) is 0 Å². The third-order valence-electron chi connectivity index (χ3n) is 2.89. The summed E-state index contributed by atoms with van der Waals surface area (Å²) in [6.07, 6.45) is 0.861. The molecule has 1 N–H and O–H groups in total. The van der Waals surface area contributed by atoms with E-state index >= 15 is 0 Å². The van der Waals surface area contributed by atoms with E-state index in [9.17, 15) is 5.11 Å². The molecule has 1 atom stereocenters. The van der Waals surface area contributed by atoms with Gasteiger partial charge in [0.1, 0.15) is 0 Å². The predicted molar refractivity (Wildman–Crippen MR) is 74.1 cm³/mol. The Labute approximate surface area is 110 Å². The number of hydrogen-bond donors (Lipinski definition) is 1. The molecule has 0 bridgehead atoms. The third-order valence-corrected chi connectivity index (χ3v) is 3.61. The second-order valence-corrected chi connectivity index (χ2v) is 4.95. The molecule has 0 fully saturated rings. The average molecular weight is 291 g/mol. The molecule has 1 nitrogen and oxygen atoms in total. The topological polar surface area (TPSA) is 20.2 Å². The van der Waals surface area contributed by atoms with E-state index in [1.807, 2.05) is 36.4 Å². The van der Waals surface area contributed by atoms with Gasteiger partial charge in [-0.05, 0) is 23.6 Å². The predicted octanol–water partition coefficient (Wildman–Crippen LogP) is 3.77. The highest BCUT2D eigenvalue weighted by Crippen LogP contribution is 2.27. The van der Waals surface area contributed by atoms with Crippen LogP contribution in [0.1, 0.15) is 17.0 Å². The van der Waals surface area contributed by atoms with Gasteiger partial charge in [-0.15, -0.1) is 0 Å². The molecule has 0 aliphatic carbocycles. The van der Waals surface area contributed by atoms with Gasteiger partial charge in [0.25, 0.3) is 0 Å². The Hall–Kier alpha value is -1.12. The normalized spacial score (nSPS) is 12.4. The number of aliphatic hydroxyl groups is 1. The second-order valence-electron chi connectivity index (χ2n) is 4.09. The minimum Gasteiger partial charge on any atom is -0.396 e. The molecule has 0 radical (unpaired) electrons. The standard InChI is InChI=1S/C15H15BrO/c16-15-9-5-4-8-14(15)13(11-17)10-12-6-2-1-3-7-12/h1-9,13,17H,10-11H2/t13-/m0/s1. The average Bonchev–Trinajstić information content (AvgIpc) is 2.38. The maximum Gasteiger partial charge on any atom is 0.0503 e. The van der Waals surface area contributed by atoms with Gasteiger partial charge in [-0.3, -0.25) is 0 Å². The number of rotatable bonds is 4. The first-order chi connectivity index (χ1) is 8.31. The first-order valence-electron chi connectivity index (χ1n) is 5.70. The molecule has 2 aromatic rings. The smallest absolute Gasteiger partial charge is 0.0503 e. The third kappa shape index (κ3) is 3.18. The van der Waals surface area contributed by atoms with Crippen molar-refractivity contribution in [1.29, 1.82) is 0 Å². The van der Waals surface area contributed by atoms with E-state index in [1.165, 1.54) is 11.1 Å². The van der Waals surface area contributed by atoms with Gasteiger partial charge in [-0.25, -0.2) is 0 Å². The lowest BCUT2D eigenvalue weighted by molar-refractivity contribution is 0.264. The monoisotopic (exact) mass is 290 g/mol. The van der Waals surface area contributed by atoms with Crippen LogP contribution in [-0.2, 0) is 6.42 Å². The van der Waals surface area contributed by atoms with Gasteiger partial charge in [0, 0.05) is 10.4 Å². The molecular formula is C15H15BrO. The number of benzene rings is 2. The lowest BCUT2D eigenvalue weighted by atomic mass is 9.93. The van der Waals surface area contributed by atoms with E-state index in [0.717, 1.165) is 10.9 Å². The lowest BCUT2D eigenvalue weighted by Crippen LogP contribution is -2.08. The zero-order chi connectivity index (χ0) is 12.1. The Morgan fingerprint density at radius 2 is 1.59 bits per heavy atom. The van der Waals surface area contributed by atoms with Gasteiger partial charge in [-0.1, -0.05) is 64.5 Å². The van der Waals surface area contributed by atoms with Crippen molar-refractivity contribution in [2.45, 2.75) is 12.3 Å². The van der Waals surface area contributed by atoms with Crippen molar-refractivity contribution in [2.75, 3.05) is 6.61 Å². The van der Waals surface area contributed by atoms with E-state index in [4.69, 9.17) is 0 Å². The van der Waals surface area contributed by atoms with E-state index in [1.54, 1.807) is 0 Å². The first kappa shape index (κ1) is 12.3. The van der Waals surface area contributed by atoms with Crippen LogP contribution < -0.4 is 0 Å². The van der Waals surface area contributed by atoms with Gasteiger partial charge in [0.2, 0.25) is 0 Å². The molecule has 0 amide bonds. The molecule has 0 aromatic heterocycles. The number of halogens is 1. The highest BCUT2D eigenvalue weighted by molar-refractivity contribution is 9.10. The van der Waals surface area contributed by atoms with Crippen molar-refractivity contribution < 1.29 is 5.11 Å². The summed E-state index contributed by atoms with van der Waals surface area (Å²) < 4.78 is 1.06. The summed E-state index contributed by atoms with van der Waals surface area (Å²) in [5.41, 5.74) is 2.42. The molecule has 0 spiro atoms. The summed E-state index contributed by atoms with van der Waals surface area (Å²) in [5, 5.41) is 9.54. The van der Waals surface area contributed by atoms with Crippen LogP contribution in [0.5, 0.6) is 0 Å². The largest absolute Gasteiger partial charge is 0.396 e. The SMILES string of the molecule is OC[C@H](Cc1ccccc1)c1ccccc1Br. The Morgan fingerprint density at radius 3 is 2.24 bits per heavy atom. The minimum absolute atomic E-state index is 0.146. The van der Waals surface area contributed by atoms with Crippen LogP contribution in [0.3, 0.4) is 0 Å². The summed E-state index contributed by atoms with van der Waals surface area (Å²) in [4.78, 5) is 0. The van der Waals surface area contributed by atoms with Crippen molar-refractivity contribution >= 4 is 15.9 Å². The fraction of sp³-hybridized carbons (Fsp3) is 0.200. The molecule has 0 aliphatic heterocycles. The van der Waals surface area contributed by atoms with Crippen molar-refractivity contribution in [3.05, 3.63) is 70.2 Å². The summed E-state index contributed by atoms with van der Waals surface area (Å²) in [6, 6.07) is 18.3. The van der Waals surface area contributed by atoms with Gasteiger partial charge in [-0.2, -0.15) is 0 Å². The molecule has 2 aromatic carbocycles. The van der Waals surface area contributed by atoms with Crippen LogP contribution in [0.2, 0.25) is 0 Å². The molecule has 2 rings (SSSR count). The molecule has 0 saturated heterocycles. The van der Waals surface area contributed by atoms with Crippen LogP contribution in [0.4, 0.5) is 0 Å². The zero-order valence-corrected chi connectivity index (χ0v) is 11.1. The van der Waals surface area contributed by atoms with E-state index in [-0.39, 0.29) is 12.5 Å². The van der Waals surface area contributed by atoms with Gasteiger partial charge in [0.05, 0.1) is 6.61 Å². The van der Waals surface area contributed by atoms with E-state index in [2.05, 4.69) is 34.1 Å². The molecule has 2 heteroatoms. The van der Waals surface area contributed by atoms with Crippen LogP contribution in [0.15, 0.2) is 59.1 Å². The Bertz CT molecular complexity index is 467. The fourth-order valence-corrected chi connectivity index (χ4v) is 2.59. The molecule has 0 aliphatic rings. The Balaban J connectivity index is 2.21. The van der Waals surface area contributed by atoms with Gasteiger partial charge < -0.3 is 5.11 Å². The van der Waals surface area contributed by atoms with Crippen LogP contribution >= 0.6 is 15.9 Å².